The molecule has 6 heteroatoms. The highest BCUT2D eigenvalue weighted by atomic mass is 16.5. The molecule has 0 radical (unpaired) electrons. The number of rotatable bonds is 11. The van der Waals surface area contributed by atoms with Gasteiger partial charge in [0.15, 0.2) is 5.96 Å². The van der Waals surface area contributed by atoms with E-state index in [1.54, 1.807) is 0 Å². The normalized spacial score (nSPS) is 18.7. The largest absolute Gasteiger partial charge is 0.391 e. The number of aliphatic imine (C=N–C) groups is 1. The molecule has 26 heavy (non-hydrogen) atoms. The van der Waals surface area contributed by atoms with Gasteiger partial charge in [-0.1, -0.05) is 30.3 Å². The fourth-order valence-corrected chi connectivity index (χ4v) is 2.86. The van der Waals surface area contributed by atoms with E-state index in [-0.39, 0.29) is 6.10 Å². The maximum Gasteiger partial charge on any atom is 0.191 e. The number of nitrogens with zero attached hydrogens (tertiary/aromatic N) is 1. The van der Waals surface area contributed by atoms with Crippen LogP contribution < -0.4 is 10.6 Å². The number of guanidine groups is 1. The van der Waals surface area contributed by atoms with Crippen LogP contribution in [-0.2, 0) is 15.9 Å². The van der Waals surface area contributed by atoms with Crippen LogP contribution in [0.3, 0.4) is 0 Å². The quantitative estimate of drug-likeness (QED) is 0.317. The smallest absolute Gasteiger partial charge is 0.191 e. The average molecular weight is 364 g/mol. The molecule has 1 aromatic carbocycles. The number of nitrogens with one attached hydrogen (secondary N) is 2. The van der Waals surface area contributed by atoms with Crippen LogP contribution in [0.5, 0.6) is 0 Å². The second-order valence-corrected chi connectivity index (χ2v) is 6.55. The molecule has 0 amide bonds. The van der Waals surface area contributed by atoms with E-state index < -0.39 is 6.10 Å². The van der Waals surface area contributed by atoms with Gasteiger partial charge in [0.1, 0.15) is 0 Å². The summed E-state index contributed by atoms with van der Waals surface area (Å²) >= 11 is 0. The molecule has 1 aliphatic heterocycles. The van der Waals surface area contributed by atoms with Gasteiger partial charge >= 0.3 is 0 Å². The van der Waals surface area contributed by atoms with Crippen molar-refractivity contribution in [2.24, 2.45) is 4.99 Å². The Morgan fingerprint density at radius 3 is 2.92 bits per heavy atom. The van der Waals surface area contributed by atoms with Gasteiger partial charge in [-0.3, -0.25) is 4.99 Å². The molecular formula is C20H33N3O3. The van der Waals surface area contributed by atoms with E-state index in [0.29, 0.717) is 26.2 Å². The van der Waals surface area contributed by atoms with Gasteiger partial charge in [-0.15, -0.1) is 0 Å². The first-order chi connectivity index (χ1) is 12.8. The van der Waals surface area contributed by atoms with Crippen LogP contribution in [0.2, 0.25) is 0 Å². The van der Waals surface area contributed by atoms with Gasteiger partial charge in [-0.25, -0.2) is 0 Å². The van der Waals surface area contributed by atoms with Crippen molar-refractivity contribution < 1.29 is 14.6 Å². The topological polar surface area (TPSA) is 75.1 Å². The first-order valence-electron chi connectivity index (χ1n) is 9.71. The number of aliphatic hydroxyl groups is 1. The molecule has 2 unspecified atom stereocenters. The zero-order valence-corrected chi connectivity index (χ0v) is 15.8. The van der Waals surface area contributed by atoms with Gasteiger partial charge in [0.2, 0.25) is 0 Å². The summed E-state index contributed by atoms with van der Waals surface area (Å²) in [7, 11) is 0. The van der Waals surface area contributed by atoms with Crippen LogP contribution in [0.15, 0.2) is 35.3 Å². The van der Waals surface area contributed by atoms with E-state index in [0.717, 1.165) is 50.5 Å². The Balaban J connectivity index is 1.60. The minimum absolute atomic E-state index is 0.285. The molecule has 1 saturated heterocycles. The first-order valence-corrected chi connectivity index (χ1v) is 9.71. The summed E-state index contributed by atoms with van der Waals surface area (Å²) < 4.78 is 11.2. The second kappa shape index (κ2) is 12.7. The Kier molecular flexibility index (Phi) is 10.1. The molecule has 1 heterocycles. The standard InChI is InChI=1S/C20H33N3O3/c1-2-21-20(22-11-7-12-25-16-19-10-6-13-26-19)23-15-18(24)14-17-8-4-3-5-9-17/h3-5,8-9,18-19,24H,2,6-7,10-16H2,1H3,(H2,21,22,23). The first kappa shape index (κ1) is 20.7. The van der Waals surface area contributed by atoms with Crippen molar-refractivity contribution in [1.82, 2.24) is 10.6 Å². The van der Waals surface area contributed by atoms with Crippen molar-refractivity contribution in [3.8, 4) is 0 Å². The van der Waals surface area contributed by atoms with Gasteiger partial charge in [0.25, 0.3) is 0 Å². The van der Waals surface area contributed by atoms with E-state index in [2.05, 4.69) is 15.6 Å². The Morgan fingerprint density at radius 2 is 2.19 bits per heavy atom. The average Bonchev–Trinajstić information content (AvgIpc) is 3.16. The van der Waals surface area contributed by atoms with Gasteiger partial charge in [-0.2, -0.15) is 0 Å². The molecule has 3 N–H and O–H groups in total. The molecule has 0 bridgehead atoms. The van der Waals surface area contributed by atoms with Gasteiger partial charge in [-0.05, 0) is 31.7 Å². The van der Waals surface area contributed by atoms with Gasteiger partial charge in [0, 0.05) is 32.7 Å². The summed E-state index contributed by atoms with van der Waals surface area (Å²) in [6.07, 6.45) is 3.58. The number of hydrogen-bond donors (Lipinski definition) is 3. The number of hydrogen-bond acceptors (Lipinski definition) is 4. The third-order valence-electron chi connectivity index (χ3n) is 4.20. The summed E-state index contributed by atoms with van der Waals surface area (Å²) in [5, 5.41) is 16.7. The number of benzene rings is 1. The lowest BCUT2D eigenvalue weighted by molar-refractivity contribution is 0.0168. The molecule has 146 valence electrons. The Morgan fingerprint density at radius 1 is 1.35 bits per heavy atom. The Hall–Kier alpha value is -1.63. The van der Waals surface area contributed by atoms with E-state index in [9.17, 15) is 5.11 Å². The third-order valence-corrected chi connectivity index (χ3v) is 4.20. The van der Waals surface area contributed by atoms with Crippen LogP contribution in [0.4, 0.5) is 0 Å². The summed E-state index contributed by atoms with van der Waals surface area (Å²) in [5.41, 5.74) is 1.12. The van der Waals surface area contributed by atoms with Crippen LogP contribution in [0.25, 0.3) is 0 Å². The highest BCUT2D eigenvalue weighted by molar-refractivity contribution is 5.79. The lowest BCUT2D eigenvalue weighted by Crippen LogP contribution is -2.38. The number of aliphatic hydroxyl groups excluding tert-OH is 1. The minimum Gasteiger partial charge on any atom is -0.391 e. The monoisotopic (exact) mass is 363 g/mol. The fourth-order valence-electron chi connectivity index (χ4n) is 2.86. The summed E-state index contributed by atoms with van der Waals surface area (Å²) in [5.74, 6) is 0.735. The van der Waals surface area contributed by atoms with Crippen molar-refractivity contribution in [1.29, 1.82) is 0 Å². The van der Waals surface area contributed by atoms with Crippen molar-refractivity contribution in [3.05, 3.63) is 35.9 Å². The van der Waals surface area contributed by atoms with Gasteiger partial charge in [0.05, 0.1) is 25.4 Å². The summed E-state index contributed by atoms with van der Waals surface area (Å²) in [4.78, 5) is 4.47. The highest BCUT2D eigenvalue weighted by Gasteiger charge is 2.14. The zero-order chi connectivity index (χ0) is 18.5. The molecule has 1 fully saturated rings. The lowest BCUT2D eigenvalue weighted by atomic mass is 10.1. The van der Waals surface area contributed by atoms with Crippen molar-refractivity contribution in [2.45, 2.75) is 44.8 Å². The van der Waals surface area contributed by atoms with Crippen LogP contribution in [-0.4, -0.2) is 62.7 Å². The zero-order valence-electron chi connectivity index (χ0n) is 15.8. The Labute approximate surface area is 157 Å². The van der Waals surface area contributed by atoms with E-state index in [1.165, 1.54) is 0 Å². The lowest BCUT2D eigenvalue weighted by Gasteiger charge is -2.14. The molecule has 2 rings (SSSR count). The van der Waals surface area contributed by atoms with Crippen LogP contribution >= 0.6 is 0 Å². The molecule has 0 saturated carbocycles. The molecule has 1 aliphatic rings. The molecule has 6 nitrogen and oxygen atoms in total. The van der Waals surface area contributed by atoms with Crippen LogP contribution in [0.1, 0.15) is 31.7 Å². The predicted octanol–water partition coefficient (Wildman–Crippen LogP) is 1.73. The van der Waals surface area contributed by atoms with Crippen LogP contribution in [0, 0.1) is 0 Å². The third kappa shape index (κ3) is 8.65. The highest BCUT2D eigenvalue weighted by Crippen LogP contribution is 2.11. The molecule has 2 atom stereocenters. The fraction of sp³-hybridized carbons (Fsp3) is 0.650. The van der Waals surface area contributed by atoms with Gasteiger partial charge < -0.3 is 25.2 Å². The molecule has 1 aromatic rings. The second-order valence-electron chi connectivity index (χ2n) is 6.55. The van der Waals surface area contributed by atoms with E-state index >= 15 is 0 Å². The maximum atomic E-state index is 10.2. The van der Waals surface area contributed by atoms with Crippen molar-refractivity contribution in [3.63, 3.8) is 0 Å². The summed E-state index contributed by atoms with van der Waals surface area (Å²) in [6.45, 7) is 6.25. The van der Waals surface area contributed by atoms with E-state index in [4.69, 9.17) is 9.47 Å². The van der Waals surface area contributed by atoms with E-state index in [1.807, 2.05) is 37.3 Å². The molecule has 0 aromatic heterocycles. The SMILES string of the molecule is CCNC(=NCC(O)Cc1ccccc1)NCCCOCC1CCCO1. The maximum absolute atomic E-state index is 10.2. The predicted molar refractivity (Wildman–Crippen MR) is 105 cm³/mol. The van der Waals surface area contributed by atoms with Crippen molar-refractivity contribution >= 4 is 5.96 Å². The molecular weight excluding hydrogens is 330 g/mol. The van der Waals surface area contributed by atoms with Crippen molar-refractivity contribution in [2.75, 3.05) is 39.5 Å². The Bertz CT molecular complexity index is 504. The number of ether oxygens (including phenoxy) is 2. The minimum atomic E-state index is -0.484. The molecule has 0 aliphatic carbocycles. The summed E-state index contributed by atoms with van der Waals surface area (Å²) in [6, 6.07) is 9.99. The molecule has 0 spiro atoms.